The number of aromatic nitrogens is 4. The van der Waals surface area contributed by atoms with Gasteiger partial charge in [-0.2, -0.15) is 5.10 Å². The molecule has 0 aliphatic rings. The lowest BCUT2D eigenvalue weighted by Crippen LogP contribution is -2.16. The van der Waals surface area contributed by atoms with Crippen molar-refractivity contribution in [2.24, 2.45) is 7.05 Å². The molecule has 0 unspecified atom stereocenters. The summed E-state index contributed by atoms with van der Waals surface area (Å²) in [6.45, 7) is 7.15. The summed E-state index contributed by atoms with van der Waals surface area (Å²) in [6.07, 6.45) is 5.33. The summed E-state index contributed by atoms with van der Waals surface area (Å²) in [5, 5.41) is 8.15. The molecule has 1 aromatic carbocycles. The SMILES string of the molecule is Cn1ccnc1SCc1ccc(C(=O)Nc2ccnn2Cc2ccc(C(C)(C)C)cc2)o1. The molecule has 0 atom stereocenters. The van der Waals surface area contributed by atoms with E-state index in [1.54, 1.807) is 41.0 Å². The van der Waals surface area contributed by atoms with Crippen LogP contribution in [0.2, 0.25) is 0 Å². The molecule has 1 amide bonds. The quantitative estimate of drug-likeness (QED) is 0.397. The zero-order valence-corrected chi connectivity index (χ0v) is 19.5. The van der Waals surface area contributed by atoms with Gasteiger partial charge in [0.05, 0.1) is 18.5 Å². The molecule has 0 saturated heterocycles. The van der Waals surface area contributed by atoms with Crippen LogP contribution in [-0.2, 0) is 24.8 Å². The van der Waals surface area contributed by atoms with Crippen molar-refractivity contribution in [3.63, 3.8) is 0 Å². The number of carbonyl (C=O) groups is 1. The number of benzene rings is 1. The highest BCUT2D eigenvalue weighted by Crippen LogP contribution is 2.24. The second kappa shape index (κ2) is 9.08. The van der Waals surface area contributed by atoms with Crippen LogP contribution >= 0.6 is 11.8 Å². The predicted molar refractivity (Wildman–Crippen MR) is 126 cm³/mol. The van der Waals surface area contributed by atoms with Gasteiger partial charge in [-0.25, -0.2) is 9.67 Å². The molecular formula is C24H27N5O2S. The van der Waals surface area contributed by atoms with E-state index in [1.807, 2.05) is 23.9 Å². The summed E-state index contributed by atoms with van der Waals surface area (Å²) in [6, 6.07) is 13.8. The highest BCUT2D eigenvalue weighted by atomic mass is 32.2. The molecule has 4 aromatic rings. The Morgan fingerprint density at radius 3 is 2.56 bits per heavy atom. The van der Waals surface area contributed by atoms with E-state index in [-0.39, 0.29) is 17.1 Å². The van der Waals surface area contributed by atoms with Crippen molar-refractivity contribution in [3.05, 3.63) is 83.7 Å². The van der Waals surface area contributed by atoms with E-state index >= 15 is 0 Å². The monoisotopic (exact) mass is 449 g/mol. The smallest absolute Gasteiger partial charge is 0.292 e. The maximum Gasteiger partial charge on any atom is 0.292 e. The van der Waals surface area contributed by atoms with Gasteiger partial charge in [0.15, 0.2) is 10.9 Å². The van der Waals surface area contributed by atoms with Gasteiger partial charge in [0.25, 0.3) is 5.91 Å². The van der Waals surface area contributed by atoms with Crippen LogP contribution in [0.15, 0.2) is 70.6 Å². The van der Waals surface area contributed by atoms with E-state index < -0.39 is 0 Å². The molecule has 0 radical (unpaired) electrons. The number of hydrogen-bond acceptors (Lipinski definition) is 5. The van der Waals surface area contributed by atoms with Crippen molar-refractivity contribution < 1.29 is 9.21 Å². The highest BCUT2D eigenvalue weighted by molar-refractivity contribution is 7.98. The van der Waals surface area contributed by atoms with Crippen LogP contribution in [0.5, 0.6) is 0 Å². The first-order valence-electron chi connectivity index (χ1n) is 10.4. The third kappa shape index (κ3) is 5.13. The van der Waals surface area contributed by atoms with Gasteiger partial charge in [0.1, 0.15) is 11.6 Å². The third-order valence-corrected chi connectivity index (χ3v) is 6.20. The molecule has 0 saturated carbocycles. The Bertz CT molecular complexity index is 1200. The fourth-order valence-corrected chi connectivity index (χ4v) is 4.06. The molecule has 7 nitrogen and oxygen atoms in total. The van der Waals surface area contributed by atoms with Gasteiger partial charge < -0.3 is 14.3 Å². The number of thioether (sulfide) groups is 1. The zero-order valence-electron chi connectivity index (χ0n) is 18.7. The molecule has 4 rings (SSSR count). The Kier molecular flexibility index (Phi) is 6.23. The van der Waals surface area contributed by atoms with Gasteiger partial charge in [0.2, 0.25) is 0 Å². The third-order valence-electron chi connectivity index (χ3n) is 5.12. The summed E-state index contributed by atoms with van der Waals surface area (Å²) in [5.41, 5.74) is 2.51. The minimum Gasteiger partial charge on any atom is -0.455 e. The van der Waals surface area contributed by atoms with Gasteiger partial charge >= 0.3 is 0 Å². The standard InChI is InChI=1S/C24H27N5O2S/c1-24(2,3)18-7-5-17(6-8-18)15-29-21(11-12-26-29)27-22(30)20-10-9-19(31-20)16-32-23-25-13-14-28(23)4/h5-14H,15-16H2,1-4H3,(H,27,30). The summed E-state index contributed by atoms with van der Waals surface area (Å²) in [7, 11) is 1.94. The maximum atomic E-state index is 12.7. The van der Waals surface area contributed by atoms with Crippen LogP contribution in [0.4, 0.5) is 5.82 Å². The number of furan rings is 1. The molecule has 166 valence electrons. The Morgan fingerprint density at radius 1 is 1.09 bits per heavy atom. The van der Waals surface area contributed by atoms with Gasteiger partial charge in [-0.05, 0) is 28.7 Å². The number of carbonyl (C=O) groups excluding carboxylic acids is 1. The van der Waals surface area contributed by atoms with Crippen molar-refractivity contribution in [2.45, 2.75) is 43.6 Å². The number of rotatable bonds is 7. The Balaban J connectivity index is 1.38. The van der Waals surface area contributed by atoms with E-state index in [1.165, 1.54) is 5.56 Å². The number of nitrogens with one attached hydrogen (secondary N) is 1. The van der Waals surface area contributed by atoms with Crippen molar-refractivity contribution in [1.82, 2.24) is 19.3 Å². The van der Waals surface area contributed by atoms with E-state index in [2.05, 4.69) is 60.4 Å². The van der Waals surface area contributed by atoms with Gasteiger partial charge in [-0.15, -0.1) is 0 Å². The van der Waals surface area contributed by atoms with Crippen LogP contribution in [0.25, 0.3) is 0 Å². The molecule has 3 aromatic heterocycles. The first-order valence-corrected chi connectivity index (χ1v) is 11.4. The van der Waals surface area contributed by atoms with Gasteiger partial charge in [-0.1, -0.05) is 56.8 Å². The summed E-state index contributed by atoms with van der Waals surface area (Å²) in [4.78, 5) is 17.0. The Labute approximate surface area is 191 Å². The van der Waals surface area contributed by atoms with E-state index in [4.69, 9.17) is 4.42 Å². The van der Waals surface area contributed by atoms with Crippen LogP contribution in [-0.4, -0.2) is 25.2 Å². The van der Waals surface area contributed by atoms with Crippen molar-refractivity contribution in [1.29, 1.82) is 0 Å². The lowest BCUT2D eigenvalue weighted by molar-refractivity contribution is 0.0994. The average Bonchev–Trinajstić information content (AvgIpc) is 3.48. The maximum absolute atomic E-state index is 12.7. The zero-order chi connectivity index (χ0) is 22.7. The van der Waals surface area contributed by atoms with Crippen LogP contribution in [0.3, 0.4) is 0 Å². The van der Waals surface area contributed by atoms with Crippen LogP contribution in [0.1, 0.15) is 48.2 Å². The first-order chi connectivity index (χ1) is 15.3. The fraction of sp³-hybridized carbons (Fsp3) is 0.292. The minimum absolute atomic E-state index is 0.112. The summed E-state index contributed by atoms with van der Waals surface area (Å²) < 4.78 is 9.45. The molecule has 0 aliphatic heterocycles. The number of nitrogens with zero attached hydrogens (tertiary/aromatic N) is 4. The second-order valence-corrected chi connectivity index (χ2v) is 9.59. The average molecular weight is 450 g/mol. The van der Waals surface area contributed by atoms with E-state index in [0.717, 1.165) is 16.5 Å². The molecular weight excluding hydrogens is 422 g/mol. The number of imidazole rings is 1. The molecule has 32 heavy (non-hydrogen) atoms. The lowest BCUT2D eigenvalue weighted by atomic mass is 9.87. The van der Waals surface area contributed by atoms with Crippen LogP contribution < -0.4 is 5.32 Å². The minimum atomic E-state index is -0.303. The molecule has 0 bridgehead atoms. The van der Waals surface area contributed by atoms with Crippen molar-refractivity contribution in [2.75, 3.05) is 5.32 Å². The fourth-order valence-electron chi connectivity index (χ4n) is 3.23. The molecule has 0 aliphatic carbocycles. The molecule has 3 heterocycles. The molecule has 0 fully saturated rings. The lowest BCUT2D eigenvalue weighted by Gasteiger charge is -2.19. The largest absolute Gasteiger partial charge is 0.455 e. The van der Waals surface area contributed by atoms with Gasteiger partial charge in [0, 0.05) is 25.5 Å². The van der Waals surface area contributed by atoms with E-state index in [0.29, 0.717) is 18.1 Å². The molecule has 0 spiro atoms. The summed E-state index contributed by atoms with van der Waals surface area (Å²) in [5.74, 6) is 1.90. The van der Waals surface area contributed by atoms with Gasteiger partial charge in [-0.3, -0.25) is 4.79 Å². The highest BCUT2D eigenvalue weighted by Gasteiger charge is 2.16. The Hall–Kier alpha value is -3.26. The van der Waals surface area contributed by atoms with Crippen LogP contribution in [0, 0.1) is 0 Å². The molecule has 1 N–H and O–H groups in total. The van der Waals surface area contributed by atoms with E-state index in [9.17, 15) is 4.79 Å². The summed E-state index contributed by atoms with van der Waals surface area (Å²) >= 11 is 1.56. The molecule has 8 heteroatoms. The number of amides is 1. The topological polar surface area (TPSA) is 77.9 Å². The predicted octanol–water partition coefficient (Wildman–Crippen LogP) is 5.10. The number of anilines is 1. The normalized spacial score (nSPS) is 11.6. The number of aryl methyl sites for hydroxylation is 1. The second-order valence-electron chi connectivity index (χ2n) is 8.65. The Morgan fingerprint density at radius 2 is 1.88 bits per heavy atom. The van der Waals surface area contributed by atoms with Crippen molar-refractivity contribution in [3.8, 4) is 0 Å². The van der Waals surface area contributed by atoms with Crippen molar-refractivity contribution >= 4 is 23.5 Å². The number of hydrogen-bond donors (Lipinski definition) is 1. The first kappa shape index (κ1) is 22.0.